The summed E-state index contributed by atoms with van der Waals surface area (Å²) in [6.07, 6.45) is 10.5. The Labute approximate surface area is 129 Å². The molecule has 4 aliphatic carbocycles. The summed E-state index contributed by atoms with van der Waals surface area (Å²) in [5.41, 5.74) is 0.616. The van der Waals surface area contributed by atoms with Crippen molar-refractivity contribution in [2.75, 3.05) is 13.1 Å². The van der Waals surface area contributed by atoms with Crippen molar-refractivity contribution in [3.63, 3.8) is 0 Å². The van der Waals surface area contributed by atoms with Gasteiger partial charge in [-0.1, -0.05) is 6.92 Å². The first kappa shape index (κ1) is 15.3. The lowest BCUT2D eigenvalue weighted by molar-refractivity contribution is -0.138. The minimum Gasteiger partial charge on any atom is -0.481 e. The van der Waals surface area contributed by atoms with Gasteiger partial charge in [0.15, 0.2) is 0 Å². The van der Waals surface area contributed by atoms with E-state index in [1.807, 2.05) is 0 Å². The van der Waals surface area contributed by atoms with Crippen LogP contribution in [-0.2, 0) is 4.79 Å². The summed E-state index contributed by atoms with van der Waals surface area (Å²) in [6, 6.07) is 0.168. The smallest absolute Gasteiger partial charge is 0.304 e. The number of carboxylic acids is 1. The monoisotopic (exact) mass is 293 g/mol. The predicted octanol–water partition coefficient (Wildman–Crippen LogP) is 3.78. The van der Waals surface area contributed by atoms with E-state index in [9.17, 15) is 4.79 Å². The Morgan fingerprint density at radius 3 is 2.14 bits per heavy atom. The van der Waals surface area contributed by atoms with Gasteiger partial charge in [0.05, 0.1) is 6.42 Å². The largest absolute Gasteiger partial charge is 0.481 e. The molecule has 3 heteroatoms. The Kier molecular flexibility index (Phi) is 4.31. The first-order valence-electron chi connectivity index (χ1n) is 8.95. The predicted molar refractivity (Wildman–Crippen MR) is 84.2 cm³/mol. The van der Waals surface area contributed by atoms with Crippen LogP contribution in [0.3, 0.4) is 0 Å². The molecule has 0 amide bonds. The summed E-state index contributed by atoms with van der Waals surface area (Å²) in [7, 11) is 0. The molecule has 120 valence electrons. The van der Waals surface area contributed by atoms with E-state index in [2.05, 4.69) is 18.7 Å². The quantitative estimate of drug-likeness (QED) is 0.776. The fourth-order valence-corrected chi connectivity index (χ4v) is 6.05. The zero-order valence-electron chi connectivity index (χ0n) is 13.7. The van der Waals surface area contributed by atoms with Crippen LogP contribution in [0.1, 0.15) is 65.2 Å². The van der Waals surface area contributed by atoms with Gasteiger partial charge in [-0.15, -0.1) is 0 Å². The van der Waals surface area contributed by atoms with Crippen LogP contribution in [-0.4, -0.2) is 35.1 Å². The zero-order chi connectivity index (χ0) is 15.0. The van der Waals surface area contributed by atoms with E-state index in [0.717, 1.165) is 30.8 Å². The molecule has 3 nitrogen and oxygen atoms in total. The van der Waals surface area contributed by atoms with Crippen molar-refractivity contribution in [1.29, 1.82) is 0 Å². The number of carboxylic acid groups (broad SMARTS) is 1. The Hall–Kier alpha value is -0.570. The molecule has 0 aliphatic heterocycles. The number of nitrogens with zero attached hydrogens (tertiary/aromatic N) is 1. The van der Waals surface area contributed by atoms with Crippen molar-refractivity contribution in [2.45, 2.75) is 71.3 Å². The number of hydrogen-bond acceptors (Lipinski definition) is 2. The molecule has 0 spiro atoms. The van der Waals surface area contributed by atoms with Crippen molar-refractivity contribution in [2.24, 2.45) is 23.2 Å². The molecular weight excluding hydrogens is 262 g/mol. The van der Waals surface area contributed by atoms with E-state index >= 15 is 0 Å². The van der Waals surface area contributed by atoms with E-state index in [0.29, 0.717) is 5.41 Å². The molecule has 0 heterocycles. The Morgan fingerprint density at radius 1 is 1.19 bits per heavy atom. The van der Waals surface area contributed by atoms with Gasteiger partial charge in [0.2, 0.25) is 0 Å². The zero-order valence-corrected chi connectivity index (χ0v) is 13.7. The van der Waals surface area contributed by atoms with Crippen LogP contribution in [0.15, 0.2) is 0 Å². The molecule has 1 unspecified atom stereocenters. The van der Waals surface area contributed by atoms with Crippen LogP contribution in [0.2, 0.25) is 0 Å². The highest BCUT2D eigenvalue weighted by molar-refractivity contribution is 5.67. The van der Waals surface area contributed by atoms with Gasteiger partial charge in [0.25, 0.3) is 0 Å². The molecule has 4 fully saturated rings. The fourth-order valence-electron chi connectivity index (χ4n) is 6.05. The van der Waals surface area contributed by atoms with E-state index in [-0.39, 0.29) is 12.5 Å². The number of carbonyl (C=O) groups is 1. The van der Waals surface area contributed by atoms with Crippen LogP contribution in [0.4, 0.5) is 0 Å². The maximum Gasteiger partial charge on any atom is 0.304 e. The van der Waals surface area contributed by atoms with Crippen molar-refractivity contribution in [3.8, 4) is 0 Å². The summed E-state index contributed by atoms with van der Waals surface area (Å²) in [6.45, 7) is 6.30. The first-order valence-corrected chi connectivity index (χ1v) is 8.95. The third-order valence-electron chi connectivity index (χ3n) is 6.59. The van der Waals surface area contributed by atoms with E-state index in [1.165, 1.54) is 44.9 Å². The van der Waals surface area contributed by atoms with Gasteiger partial charge in [-0.2, -0.15) is 0 Å². The topological polar surface area (TPSA) is 40.5 Å². The van der Waals surface area contributed by atoms with Crippen LogP contribution in [0.25, 0.3) is 0 Å². The second-order valence-electron chi connectivity index (χ2n) is 8.24. The van der Waals surface area contributed by atoms with Crippen molar-refractivity contribution < 1.29 is 9.90 Å². The maximum absolute atomic E-state index is 10.9. The van der Waals surface area contributed by atoms with E-state index < -0.39 is 5.97 Å². The van der Waals surface area contributed by atoms with Crippen molar-refractivity contribution in [1.82, 2.24) is 4.90 Å². The molecular formula is C18H31NO2. The lowest BCUT2D eigenvalue weighted by Crippen LogP contribution is -2.48. The molecule has 4 aliphatic rings. The third-order valence-corrected chi connectivity index (χ3v) is 6.59. The first-order chi connectivity index (χ1) is 9.99. The molecule has 0 radical (unpaired) electrons. The maximum atomic E-state index is 10.9. The second kappa shape index (κ2) is 5.91. The average molecular weight is 293 g/mol. The van der Waals surface area contributed by atoms with Crippen molar-refractivity contribution >= 4 is 5.97 Å². The number of hydrogen-bond donors (Lipinski definition) is 1. The molecule has 4 rings (SSSR count). The second-order valence-corrected chi connectivity index (χ2v) is 8.24. The highest BCUT2D eigenvalue weighted by Crippen LogP contribution is 2.61. The molecule has 0 aromatic rings. The molecule has 21 heavy (non-hydrogen) atoms. The highest BCUT2D eigenvalue weighted by Gasteiger charge is 2.50. The summed E-state index contributed by atoms with van der Waals surface area (Å²) < 4.78 is 0. The Bertz CT molecular complexity index is 357. The van der Waals surface area contributed by atoms with Crippen LogP contribution in [0.5, 0.6) is 0 Å². The fraction of sp³-hybridized carbons (Fsp3) is 0.944. The molecule has 0 aromatic carbocycles. The Balaban J connectivity index is 1.57. The molecule has 4 saturated carbocycles. The van der Waals surface area contributed by atoms with Crippen molar-refractivity contribution in [3.05, 3.63) is 0 Å². The summed E-state index contributed by atoms with van der Waals surface area (Å²) in [4.78, 5) is 13.3. The van der Waals surface area contributed by atoms with Crippen LogP contribution in [0, 0.1) is 23.2 Å². The van der Waals surface area contributed by atoms with E-state index in [4.69, 9.17) is 5.11 Å². The summed E-state index contributed by atoms with van der Waals surface area (Å²) in [5, 5.41) is 9.00. The van der Waals surface area contributed by atoms with Gasteiger partial charge < -0.3 is 10.0 Å². The molecule has 0 aromatic heterocycles. The standard InChI is InChI=1S/C18H31NO2/c1-3-19(13(2)6-17(20)21)5-4-18-10-14-7-15(11-18)9-16(8-14)12-18/h13-16H,3-12H2,1-2H3,(H,20,21). The number of aliphatic carboxylic acids is 1. The molecule has 4 bridgehead atoms. The summed E-state index contributed by atoms with van der Waals surface area (Å²) >= 11 is 0. The minimum atomic E-state index is -0.671. The van der Waals surface area contributed by atoms with Gasteiger partial charge in [-0.05, 0) is 88.1 Å². The summed E-state index contributed by atoms with van der Waals surface area (Å²) in [5.74, 6) is 2.38. The van der Waals surface area contributed by atoms with E-state index in [1.54, 1.807) is 0 Å². The lowest BCUT2D eigenvalue weighted by Gasteiger charge is -2.57. The molecule has 1 atom stereocenters. The SMILES string of the molecule is CCN(CCC12CC3CC(CC(C3)C1)C2)C(C)CC(=O)O. The van der Waals surface area contributed by atoms with Crippen LogP contribution >= 0.6 is 0 Å². The van der Waals surface area contributed by atoms with Gasteiger partial charge in [0, 0.05) is 6.04 Å². The minimum absolute atomic E-state index is 0.168. The van der Waals surface area contributed by atoms with Gasteiger partial charge in [0.1, 0.15) is 0 Å². The van der Waals surface area contributed by atoms with Gasteiger partial charge in [-0.3, -0.25) is 4.79 Å². The molecule has 0 saturated heterocycles. The third kappa shape index (κ3) is 3.28. The normalized spacial score (nSPS) is 38.9. The lowest BCUT2D eigenvalue weighted by atomic mass is 9.49. The van der Waals surface area contributed by atoms with Gasteiger partial charge >= 0.3 is 5.97 Å². The van der Waals surface area contributed by atoms with Crippen LogP contribution < -0.4 is 0 Å². The number of rotatable bonds is 7. The highest BCUT2D eigenvalue weighted by atomic mass is 16.4. The molecule has 1 N–H and O–H groups in total. The Morgan fingerprint density at radius 2 is 1.71 bits per heavy atom. The van der Waals surface area contributed by atoms with Gasteiger partial charge in [-0.25, -0.2) is 0 Å². The average Bonchev–Trinajstić information content (AvgIpc) is 2.36.